The Kier molecular flexibility index (Phi) is 6.59. The smallest absolute Gasteiger partial charge is 0.226 e. The number of ether oxygens (including phenoxy) is 1. The minimum Gasteiger partial charge on any atom is -0.494 e. The second-order valence-electron chi connectivity index (χ2n) is 9.31. The summed E-state index contributed by atoms with van der Waals surface area (Å²) in [6.07, 6.45) is 2.67. The van der Waals surface area contributed by atoms with Crippen LogP contribution in [0, 0.1) is 12.8 Å². The number of carbonyl (C=O) groups excluding carboxylic acids is 1. The number of hydrogen-bond acceptors (Lipinski definition) is 5. The van der Waals surface area contributed by atoms with Crippen molar-refractivity contribution in [3.8, 4) is 5.75 Å². The molecular weight excluding hydrogens is 448 g/mol. The first kappa shape index (κ1) is 22.9. The first-order valence-electron chi connectivity index (χ1n) is 12.2. The van der Waals surface area contributed by atoms with Crippen LogP contribution in [0.2, 0.25) is 5.02 Å². The monoisotopic (exact) mass is 478 g/mol. The molecule has 3 aromatic rings. The minimum absolute atomic E-state index is 0.0738. The molecule has 1 atom stereocenters. The van der Waals surface area contributed by atoms with Crippen molar-refractivity contribution >= 4 is 34.4 Å². The van der Waals surface area contributed by atoms with Crippen LogP contribution in [0.4, 0.5) is 5.95 Å². The van der Waals surface area contributed by atoms with Gasteiger partial charge in [0.05, 0.1) is 17.8 Å². The first-order valence-corrected chi connectivity index (χ1v) is 12.6. The molecule has 1 amide bonds. The van der Waals surface area contributed by atoms with Crippen LogP contribution in [-0.4, -0.2) is 53.6 Å². The van der Waals surface area contributed by atoms with E-state index in [0.29, 0.717) is 18.4 Å². The summed E-state index contributed by atoms with van der Waals surface area (Å²) in [5.41, 5.74) is 3.10. The molecule has 0 spiro atoms. The van der Waals surface area contributed by atoms with Crippen LogP contribution in [0.5, 0.6) is 5.75 Å². The van der Waals surface area contributed by atoms with Gasteiger partial charge >= 0.3 is 0 Å². The largest absolute Gasteiger partial charge is 0.494 e. The van der Waals surface area contributed by atoms with Crippen molar-refractivity contribution in [3.05, 3.63) is 58.7 Å². The van der Waals surface area contributed by atoms with Crippen molar-refractivity contribution in [1.29, 1.82) is 0 Å². The highest BCUT2D eigenvalue weighted by Gasteiger charge is 2.34. The summed E-state index contributed by atoms with van der Waals surface area (Å²) in [5, 5.41) is 1.78. The van der Waals surface area contributed by atoms with Gasteiger partial charge in [0, 0.05) is 48.4 Å². The fourth-order valence-electron chi connectivity index (χ4n) is 5.22. The lowest BCUT2D eigenvalue weighted by atomic mass is 9.95. The standard InChI is InChI=1S/C27H31ClN4O2/c1-3-34-23-7-8-25-24(16-23)18(2)29-27(30-25)31-12-9-19(10-13-31)26(33)32-14-11-21(17-32)20-5-4-6-22(28)15-20/h4-8,15-16,19,21H,3,9-14,17H2,1-2H3. The quantitative estimate of drug-likeness (QED) is 0.503. The number of likely N-dealkylation sites (tertiary alicyclic amines) is 1. The topological polar surface area (TPSA) is 58.6 Å². The molecule has 0 bridgehead atoms. The van der Waals surface area contributed by atoms with E-state index < -0.39 is 0 Å². The molecule has 2 fully saturated rings. The molecular formula is C27H31ClN4O2. The van der Waals surface area contributed by atoms with E-state index in [1.807, 2.05) is 50.2 Å². The molecule has 0 N–H and O–H groups in total. The second kappa shape index (κ2) is 9.79. The number of aryl methyl sites for hydroxylation is 1. The van der Waals surface area contributed by atoms with E-state index in [1.54, 1.807) is 0 Å². The molecule has 1 unspecified atom stereocenters. The number of fused-ring (bicyclic) bond motifs is 1. The summed E-state index contributed by atoms with van der Waals surface area (Å²) in [4.78, 5) is 27.1. The van der Waals surface area contributed by atoms with Gasteiger partial charge in [-0.1, -0.05) is 23.7 Å². The molecule has 6 nitrogen and oxygen atoms in total. The highest BCUT2D eigenvalue weighted by Crippen LogP contribution is 2.32. The highest BCUT2D eigenvalue weighted by molar-refractivity contribution is 6.30. The molecule has 2 aliphatic heterocycles. The molecule has 3 heterocycles. The summed E-state index contributed by atoms with van der Waals surface area (Å²) in [6.45, 7) is 7.84. The normalized spacial score (nSPS) is 19.1. The third-order valence-electron chi connectivity index (χ3n) is 7.10. The van der Waals surface area contributed by atoms with Crippen molar-refractivity contribution in [2.24, 2.45) is 5.92 Å². The zero-order valence-corrected chi connectivity index (χ0v) is 20.6. The molecule has 0 radical (unpaired) electrons. The van der Waals surface area contributed by atoms with Gasteiger partial charge in [-0.15, -0.1) is 0 Å². The SMILES string of the molecule is CCOc1ccc2nc(N3CCC(C(=O)N4CCC(c5cccc(Cl)c5)C4)CC3)nc(C)c2c1. The second-order valence-corrected chi connectivity index (χ2v) is 9.74. The molecule has 5 rings (SSSR count). The first-order chi connectivity index (χ1) is 16.5. The molecule has 178 valence electrons. The van der Waals surface area contributed by atoms with Crippen LogP contribution in [0.1, 0.15) is 43.4 Å². The van der Waals surface area contributed by atoms with Gasteiger partial charge in [0.2, 0.25) is 11.9 Å². The molecule has 0 saturated carbocycles. The van der Waals surface area contributed by atoms with Gasteiger partial charge in [0.25, 0.3) is 0 Å². The zero-order valence-electron chi connectivity index (χ0n) is 19.8. The average Bonchev–Trinajstić information content (AvgIpc) is 3.35. The molecule has 34 heavy (non-hydrogen) atoms. The Morgan fingerprint density at radius 1 is 1.09 bits per heavy atom. The number of halogens is 1. The molecule has 0 aliphatic carbocycles. The molecule has 2 saturated heterocycles. The molecule has 2 aliphatic rings. The van der Waals surface area contributed by atoms with Crippen LogP contribution in [0.3, 0.4) is 0 Å². The van der Waals surface area contributed by atoms with Crippen LogP contribution in [0.15, 0.2) is 42.5 Å². The maximum atomic E-state index is 13.2. The van der Waals surface area contributed by atoms with Crippen molar-refractivity contribution < 1.29 is 9.53 Å². The fourth-order valence-corrected chi connectivity index (χ4v) is 5.42. The Hall–Kier alpha value is -2.86. The Balaban J connectivity index is 1.21. The van der Waals surface area contributed by atoms with Gasteiger partial charge in [0.1, 0.15) is 5.75 Å². The van der Waals surface area contributed by atoms with Gasteiger partial charge in [-0.25, -0.2) is 9.97 Å². The van der Waals surface area contributed by atoms with Gasteiger partial charge in [-0.3, -0.25) is 4.79 Å². The van der Waals surface area contributed by atoms with E-state index in [9.17, 15) is 4.79 Å². The minimum atomic E-state index is 0.0738. The number of benzene rings is 2. The maximum Gasteiger partial charge on any atom is 0.226 e. The van der Waals surface area contributed by atoms with Crippen LogP contribution in [0.25, 0.3) is 10.9 Å². The maximum absolute atomic E-state index is 13.2. The highest BCUT2D eigenvalue weighted by atomic mass is 35.5. The van der Waals surface area contributed by atoms with Crippen LogP contribution in [-0.2, 0) is 4.79 Å². The summed E-state index contributed by atoms with van der Waals surface area (Å²) in [6, 6.07) is 14.0. The van der Waals surface area contributed by atoms with E-state index in [1.165, 1.54) is 5.56 Å². The molecule has 7 heteroatoms. The van der Waals surface area contributed by atoms with Gasteiger partial charge < -0.3 is 14.5 Å². The number of aromatic nitrogens is 2. The van der Waals surface area contributed by atoms with Crippen molar-refractivity contribution in [3.63, 3.8) is 0 Å². The summed E-state index contributed by atoms with van der Waals surface area (Å²) < 4.78 is 5.62. The van der Waals surface area contributed by atoms with Crippen molar-refractivity contribution in [2.45, 2.75) is 39.0 Å². The van der Waals surface area contributed by atoms with Crippen LogP contribution >= 0.6 is 11.6 Å². The molecule has 1 aromatic heterocycles. The van der Waals surface area contributed by atoms with Gasteiger partial charge in [-0.05, 0) is 69.0 Å². The zero-order chi connectivity index (χ0) is 23.7. The fraction of sp³-hybridized carbons (Fsp3) is 0.444. The van der Waals surface area contributed by atoms with Crippen molar-refractivity contribution in [2.75, 3.05) is 37.7 Å². The summed E-state index contributed by atoms with van der Waals surface area (Å²) in [7, 11) is 0. The number of carbonyl (C=O) groups is 1. The lowest BCUT2D eigenvalue weighted by Crippen LogP contribution is -2.42. The van der Waals surface area contributed by atoms with E-state index in [4.69, 9.17) is 26.3 Å². The summed E-state index contributed by atoms with van der Waals surface area (Å²) in [5.74, 6) is 2.34. The Morgan fingerprint density at radius 2 is 1.91 bits per heavy atom. The third kappa shape index (κ3) is 4.69. The number of amides is 1. The summed E-state index contributed by atoms with van der Waals surface area (Å²) >= 11 is 6.17. The average molecular weight is 479 g/mol. The lowest BCUT2D eigenvalue weighted by Gasteiger charge is -2.33. The van der Waals surface area contributed by atoms with E-state index >= 15 is 0 Å². The predicted octanol–water partition coefficient (Wildman–Crippen LogP) is 5.22. The lowest BCUT2D eigenvalue weighted by molar-refractivity contribution is -0.135. The number of anilines is 1. The van der Waals surface area contributed by atoms with E-state index in [2.05, 4.69) is 15.9 Å². The predicted molar refractivity (Wildman–Crippen MR) is 136 cm³/mol. The number of piperidine rings is 1. The molecule has 2 aromatic carbocycles. The Morgan fingerprint density at radius 3 is 2.68 bits per heavy atom. The Bertz CT molecular complexity index is 1190. The van der Waals surface area contributed by atoms with Crippen molar-refractivity contribution in [1.82, 2.24) is 14.9 Å². The van der Waals surface area contributed by atoms with Crippen LogP contribution < -0.4 is 9.64 Å². The Labute approximate surface area is 205 Å². The van der Waals surface area contributed by atoms with Gasteiger partial charge in [0.15, 0.2) is 0 Å². The number of nitrogens with zero attached hydrogens (tertiary/aromatic N) is 4. The van der Waals surface area contributed by atoms with E-state index in [0.717, 1.165) is 78.8 Å². The van der Waals surface area contributed by atoms with E-state index in [-0.39, 0.29) is 5.92 Å². The number of rotatable bonds is 5. The van der Waals surface area contributed by atoms with Gasteiger partial charge in [-0.2, -0.15) is 0 Å². The number of hydrogen-bond donors (Lipinski definition) is 0. The third-order valence-corrected chi connectivity index (χ3v) is 7.34.